The van der Waals surface area contributed by atoms with Crippen molar-refractivity contribution in [1.82, 2.24) is 4.90 Å². The summed E-state index contributed by atoms with van der Waals surface area (Å²) in [5.74, 6) is 0.776. The number of nitrogens with zero attached hydrogens (tertiary/aromatic N) is 1. The molecule has 1 aliphatic rings. The Balaban J connectivity index is 1.85. The highest BCUT2D eigenvalue weighted by Gasteiger charge is 2.29. The maximum atomic E-state index is 12.3. The first kappa shape index (κ1) is 19.6. The molecule has 0 saturated heterocycles. The molecule has 1 aliphatic carbocycles. The van der Waals surface area contributed by atoms with Gasteiger partial charge in [0.2, 0.25) is 0 Å². The van der Waals surface area contributed by atoms with Crippen molar-refractivity contribution in [3.05, 3.63) is 24.3 Å². The van der Waals surface area contributed by atoms with Gasteiger partial charge in [-0.25, -0.2) is 4.79 Å². The molecule has 1 aromatic rings. The lowest BCUT2D eigenvalue weighted by Crippen LogP contribution is -2.44. The molecule has 1 saturated carbocycles. The summed E-state index contributed by atoms with van der Waals surface area (Å²) < 4.78 is 11.4. The van der Waals surface area contributed by atoms with Gasteiger partial charge in [0.15, 0.2) is 0 Å². The van der Waals surface area contributed by atoms with E-state index in [1.54, 1.807) is 0 Å². The lowest BCUT2D eigenvalue weighted by atomic mass is 9.92. The maximum Gasteiger partial charge on any atom is 0.411 e. The molecule has 1 amide bonds. The normalized spacial score (nSPS) is 20.3. The van der Waals surface area contributed by atoms with E-state index in [1.165, 1.54) is 19.3 Å². The summed E-state index contributed by atoms with van der Waals surface area (Å²) in [7, 11) is 4.09. The first-order valence-electron chi connectivity index (χ1n) is 9.47. The number of benzene rings is 1. The number of carbonyl (C=O) groups excluding carboxylic acids is 1. The van der Waals surface area contributed by atoms with Gasteiger partial charge in [-0.2, -0.15) is 0 Å². The molecule has 5 nitrogen and oxygen atoms in total. The van der Waals surface area contributed by atoms with E-state index in [0.29, 0.717) is 18.3 Å². The number of carbonyl (C=O) groups is 1. The SMILES string of the molecule is CCCCCOc1cccc(NC(=O)OC2CCCCC2N(C)C)c1. The number of hydrogen-bond acceptors (Lipinski definition) is 4. The van der Waals surface area contributed by atoms with E-state index in [2.05, 4.69) is 17.1 Å². The number of amides is 1. The topological polar surface area (TPSA) is 50.8 Å². The van der Waals surface area contributed by atoms with Gasteiger partial charge in [-0.1, -0.05) is 32.3 Å². The number of nitrogens with one attached hydrogen (secondary N) is 1. The number of unbranched alkanes of at least 4 members (excludes halogenated alkanes) is 2. The third-order valence-corrected chi connectivity index (χ3v) is 4.69. The average Bonchev–Trinajstić information content (AvgIpc) is 2.59. The van der Waals surface area contributed by atoms with Gasteiger partial charge in [0.05, 0.1) is 6.61 Å². The standard InChI is InChI=1S/C20H32N2O3/c1-4-5-8-14-24-17-11-9-10-16(15-17)21-20(23)25-19-13-7-6-12-18(19)22(2)3/h9-11,15,18-19H,4-8,12-14H2,1-3H3,(H,21,23). The molecule has 1 aromatic carbocycles. The number of hydrogen-bond donors (Lipinski definition) is 1. The van der Waals surface area contributed by atoms with E-state index in [0.717, 1.165) is 31.4 Å². The smallest absolute Gasteiger partial charge is 0.411 e. The Hall–Kier alpha value is -1.75. The monoisotopic (exact) mass is 348 g/mol. The van der Waals surface area contributed by atoms with E-state index in [4.69, 9.17) is 9.47 Å². The quantitative estimate of drug-likeness (QED) is 0.693. The Labute approximate surface area is 151 Å². The molecule has 2 atom stereocenters. The van der Waals surface area contributed by atoms with Crippen molar-refractivity contribution in [2.24, 2.45) is 0 Å². The molecular formula is C20H32N2O3. The van der Waals surface area contributed by atoms with Crippen LogP contribution in [0.5, 0.6) is 5.75 Å². The van der Waals surface area contributed by atoms with Gasteiger partial charge in [-0.3, -0.25) is 5.32 Å². The Morgan fingerprint density at radius 2 is 2.04 bits per heavy atom. The minimum atomic E-state index is -0.387. The number of rotatable bonds is 8. The van der Waals surface area contributed by atoms with Crippen molar-refractivity contribution in [3.8, 4) is 5.75 Å². The fraction of sp³-hybridized carbons (Fsp3) is 0.650. The van der Waals surface area contributed by atoms with Crippen LogP contribution in [0.1, 0.15) is 51.9 Å². The van der Waals surface area contributed by atoms with Crippen LogP contribution in [-0.2, 0) is 4.74 Å². The predicted molar refractivity (Wildman–Crippen MR) is 101 cm³/mol. The zero-order chi connectivity index (χ0) is 18.1. The summed E-state index contributed by atoms with van der Waals surface area (Å²) >= 11 is 0. The van der Waals surface area contributed by atoms with Crippen molar-refractivity contribution in [1.29, 1.82) is 0 Å². The zero-order valence-electron chi connectivity index (χ0n) is 15.8. The van der Waals surface area contributed by atoms with Gasteiger partial charge in [0.1, 0.15) is 11.9 Å². The summed E-state index contributed by atoms with van der Waals surface area (Å²) in [5.41, 5.74) is 0.704. The molecule has 25 heavy (non-hydrogen) atoms. The summed E-state index contributed by atoms with van der Waals surface area (Å²) in [6.07, 6.45) is 7.27. The van der Waals surface area contributed by atoms with Gasteiger partial charge < -0.3 is 14.4 Å². The van der Waals surface area contributed by atoms with Crippen molar-refractivity contribution in [3.63, 3.8) is 0 Å². The van der Waals surface area contributed by atoms with Gasteiger partial charge in [0.25, 0.3) is 0 Å². The fourth-order valence-corrected chi connectivity index (χ4v) is 3.30. The second kappa shape index (κ2) is 10.3. The van der Waals surface area contributed by atoms with E-state index in [1.807, 2.05) is 38.4 Å². The van der Waals surface area contributed by atoms with Crippen LogP contribution in [0.15, 0.2) is 24.3 Å². The van der Waals surface area contributed by atoms with E-state index in [9.17, 15) is 4.79 Å². The van der Waals surface area contributed by atoms with Crippen LogP contribution in [-0.4, -0.2) is 43.8 Å². The highest BCUT2D eigenvalue weighted by molar-refractivity contribution is 5.85. The Kier molecular flexibility index (Phi) is 8.06. The Morgan fingerprint density at radius 1 is 1.24 bits per heavy atom. The van der Waals surface area contributed by atoms with E-state index >= 15 is 0 Å². The predicted octanol–water partition coefficient (Wildman–Crippen LogP) is 4.68. The fourth-order valence-electron chi connectivity index (χ4n) is 3.30. The molecule has 0 radical (unpaired) electrons. The second-order valence-corrected chi connectivity index (χ2v) is 6.97. The maximum absolute atomic E-state index is 12.3. The zero-order valence-corrected chi connectivity index (χ0v) is 15.8. The highest BCUT2D eigenvalue weighted by atomic mass is 16.6. The van der Waals surface area contributed by atoms with Crippen LogP contribution < -0.4 is 10.1 Å². The Morgan fingerprint density at radius 3 is 2.80 bits per heavy atom. The molecule has 0 heterocycles. The lowest BCUT2D eigenvalue weighted by Gasteiger charge is -2.35. The van der Waals surface area contributed by atoms with Gasteiger partial charge in [-0.15, -0.1) is 0 Å². The molecule has 0 bridgehead atoms. The molecule has 1 fully saturated rings. The molecule has 5 heteroatoms. The summed E-state index contributed by atoms with van der Waals surface area (Å²) in [6.45, 7) is 2.87. The van der Waals surface area contributed by atoms with Crippen molar-refractivity contribution >= 4 is 11.8 Å². The first-order valence-corrected chi connectivity index (χ1v) is 9.47. The summed E-state index contributed by atoms with van der Waals surface area (Å²) in [6, 6.07) is 7.79. The minimum absolute atomic E-state index is 0.0442. The molecule has 1 N–H and O–H groups in total. The number of anilines is 1. The second-order valence-electron chi connectivity index (χ2n) is 6.97. The van der Waals surface area contributed by atoms with E-state index < -0.39 is 0 Å². The molecule has 140 valence electrons. The van der Waals surface area contributed by atoms with Crippen molar-refractivity contribution in [2.75, 3.05) is 26.0 Å². The lowest BCUT2D eigenvalue weighted by molar-refractivity contribution is 0.0272. The van der Waals surface area contributed by atoms with Gasteiger partial charge in [0, 0.05) is 17.8 Å². The number of likely N-dealkylation sites (N-methyl/N-ethyl adjacent to an activating group) is 1. The van der Waals surface area contributed by atoms with Crippen molar-refractivity contribution in [2.45, 2.75) is 64.0 Å². The summed E-state index contributed by atoms with van der Waals surface area (Å²) in [5, 5.41) is 2.83. The molecule has 0 aromatic heterocycles. The summed E-state index contributed by atoms with van der Waals surface area (Å²) in [4.78, 5) is 14.4. The van der Waals surface area contributed by atoms with Crippen LogP contribution in [0, 0.1) is 0 Å². The minimum Gasteiger partial charge on any atom is -0.494 e. The average molecular weight is 348 g/mol. The Bertz CT molecular complexity index is 533. The van der Waals surface area contributed by atoms with Crippen LogP contribution in [0.4, 0.5) is 10.5 Å². The molecule has 0 aliphatic heterocycles. The largest absolute Gasteiger partial charge is 0.494 e. The van der Waals surface area contributed by atoms with Gasteiger partial charge in [-0.05, 0) is 51.9 Å². The van der Waals surface area contributed by atoms with Crippen LogP contribution in [0.2, 0.25) is 0 Å². The van der Waals surface area contributed by atoms with Crippen molar-refractivity contribution < 1.29 is 14.3 Å². The van der Waals surface area contributed by atoms with Crippen LogP contribution >= 0.6 is 0 Å². The molecule has 0 spiro atoms. The highest BCUT2D eigenvalue weighted by Crippen LogP contribution is 2.25. The third kappa shape index (κ3) is 6.58. The first-order chi connectivity index (χ1) is 12.1. The molecular weight excluding hydrogens is 316 g/mol. The molecule has 2 rings (SSSR count). The number of ether oxygens (including phenoxy) is 2. The van der Waals surface area contributed by atoms with Crippen LogP contribution in [0.25, 0.3) is 0 Å². The van der Waals surface area contributed by atoms with Gasteiger partial charge >= 0.3 is 6.09 Å². The third-order valence-electron chi connectivity index (χ3n) is 4.69. The molecule has 2 unspecified atom stereocenters. The van der Waals surface area contributed by atoms with Crippen LogP contribution in [0.3, 0.4) is 0 Å². The van der Waals surface area contributed by atoms with E-state index in [-0.39, 0.29) is 12.2 Å².